The Bertz CT molecular complexity index is 859. The number of benzene rings is 2. The van der Waals surface area contributed by atoms with E-state index in [0.717, 1.165) is 6.54 Å². The highest BCUT2D eigenvalue weighted by molar-refractivity contribution is 6.23. The zero-order chi connectivity index (χ0) is 18.0. The lowest BCUT2D eigenvalue weighted by atomic mass is 9.77. The van der Waals surface area contributed by atoms with Crippen molar-refractivity contribution in [3.63, 3.8) is 0 Å². The van der Waals surface area contributed by atoms with Crippen LogP contribution in [0.5, 0.6) is 5.75 Å². The molecule has 3 heterocycles. The average Bonchev–Trinajstić information content (AvgIpc) is 3.27. The summed E-state index contributed by atoms with van der Waals surface area (Å²) in [6, 6.07) is 15.4. The summed E-state index contributed by atoms with van der Waals surface area (Å²) in [5, 5.41) is 0. The highest BCUT2D eigenvalue weighted by Crippen LogP contribution is 2.62. The van der Waals surface area contributed by atoms with Gasteiger partial charge in [-0.1, -0.05) is 31.2 Å². The summed E-state index contributed by atoms with van der Waals surface area (Å²) in [5.41, 5.74) is 3.04. The number of amides is 2. The molecule has 2 aromatic rings. The summed E-state index contributed by atoms with van der Waals surface area (Å²) in [6.07, 6.45) is 0. The van der Waals surface area contributed by atoms with Crippen molar-refractivity contribution in [2.75, 3.05) is 18.6 Å². The van der Waals surface area contributed by atoms with E-state index < -0.39 is 0 Å². The van der Waals surface area contributed by atoms with Crippen molar-refractivity contribution < 1.29 is 14.3 Å². The molecule has 26 heavy (non-hydrogen) atoms. The van der Waals surface area contributed by atoms with E-state index in [1.165, 1.54) is 16.0 Å². The minimum Gasteiger partial charge on any atom is -0.497 e. The summed E-state index contributed by atoms with van der Waals surface area (Å²) >= 11 is 0. The quantitative estimate of drug-likeness (QED) is 0.801. The Morgan fingerprint density at radius 1 is 0.885 bits per heavy atom. The van der Waals surface area contributed by atoms with Gasteiger partial charge in [-0.3, -0.25) is 14.5 Å². The van der Waals surface area contributed by atoms with Gasteiger partial charge in [0.2, 0.25) is 11.8 Å². The van der Waals surface area contributed by atoms with Gasteiger partial charge in [-0.25, -0.2) is 4.90 Å². The number of nitrogens with zero attached hydrogens (tertiary/aromatic N) is 2. The largest absolute Gasteiger partial charge is 0.497 e. The number of hydrogen-bond acceptors (Lipinski definition) is 4. The van der Waals surface area contributed by atoms with Gasteiger partial charge in [-0.05, 0) is 41.9 Å². The predicted octanol–water partition coefficient (Wildman–Crippen LogP) is 2.93. The van der Waals surface area contributed by atoms with Crippen LogP contribution in [0.2, 0.25) is 0 Å². The van der Waals surface area contributed by atoms with Crippen molar-refractivity contribution in [2.45, 2.75) is 19.0 Å². The zero-order valence-corrected chi connectivity index (χ0v) is 14.8. The van der Waals surface area contributed by atoms with E-state index in [2.05, 4.69) is 24.0 Å². The Hall–Kier alpha value is -2.66. The minimum atomic E-state index is -0.288. The van der Waals surface area contributed by atoms with E-state index >= 15 is 0 Å². The molecule has 3 aliphatic rings. The molecule has 4 atom stereocenters. The summed E-state index contributed by atoms with van der Waals surface area (Å²) in [7, 11) is 1.60. The molecular weight excluding hydrogens is 328 g/mol. The van der Waals surface area contributed by atoms with Crippen LogP contribution >= 0.6 is 0 Å². The first kappa shape index (κ1) is 15.6. The van der Waals surface area contributed by atoms with Crippen molar-refractivity contribution in [2.24, 2.45) is 11.8 Å². The van der Waals surface area contributed by atoms with E-state index in [9.17, 15) is 9.59 Å². The summed E-state index contributed by atoms with van der Waals surface area (Å²) < 4.78 is 5.18. The number of imide groups is 1. The molecule has 0 radical (unpaired) electrons. The van der Waals surface area contributed by atoms with Crippen molar-refractivity contribution in [3.8, 4) is 5.75 Å². The molecule has 0 aromatic heterocycles. The van der Waals surface area contributed by atoms with Gasteiger partial charge in [0.1, 0.15) is 5.75 Å². The molecule has 0 aliphatic carbocycles. The highest BCUT2D eigenvalue weighted by atomic mass is 16.5. The molecule has 3 aliphatic heterocycles. The average molecular weight is 348 g/mol. The van der Waals surface area contributed by atoms with Crippen molar-refractivity contribution >= 4 is 17.5 Å². The Morgan fingerprint density at radius 3 is 1.88 bits per heavy atom. The van der Waals surface area contributed by atoms with Gasteiger partial charge >= 0.3 is 0 Å². The molecule has 2 saturated heterocycles. The van der Waals surface area contributed by atoms with Gasteiger partial charge in [-0.15, -0.1) is 0 Å². The van der Waals surface area contributed by atoms with Crippen molar-refractivity contribution in [1.82, 2.24) is 4.90 Å². The Labute approximate surface area is 152 Å². The van der Waals surface area contributed by atoms with Crippen LogP contribution in [-0.4, -0.2) is 30.4 Å². The molecule has 5 heteroatoms. The highest BCUT2D eigenvalue weighted by Gasteiger charge is 2.66. The van der Waals surface area contributed by atoms with Crippen LogP contribution in [0.15, 0.2) is 48.5 Å². The maximum absolute atomic E-state index is 13.3. The topological polar surface area (TPSA) is 49.9 Å². The smallest absolute Gasteiger partial charge is 0.239 e. The standard InChI is InChI=1S/C21H20N2O3/c1-3-22-18-14-6-4-5-7-15(14)19(22)17-16(18)20(24)23(21(17)25)12-8-10-13(26-2)11-9-12/h4-11,16-19H,3H2,1-2H3/t16-,17+,18-,19+. The van der Waals surface area contributed by atoms with Crippen LogP contribution in [0.1, 0.15) is 30.1 Å². The fourth-order valence-corrected chi connectivity index (χ4v) is 5.14. The Morgan fingerprint density at radius 2 is 1.42 bits per heavy atom. The molecule has 132 valence electrons. The number of ether oxygens (including phenoxy) is 1. The van der Waals surface area contributed by atoms with E-state index in [4.69, 9.17) is 4.74 Å². The molecule has 0 unspecified atom stereocenters. The molecule has 2 bridgehead atoms. The van der Waals surface area contributed by atoms with Gasteiger partial charge in [0.25, 0.3) is 0 Å². The van der Waals surface area contributed by atoms with E-state index in [0.29, 0.717) is 11.4 Å². The van der Waals surface area contributed by atoms with Crippen LogP contribution < -0.4 is 9.64 Å². The second-order valence-corrected chi connectivity index (χ2v) is 7.11. The van der Waals surface area contributed by atoms with E-state index in [1.54, 1.807) is 31.4 Å². The fraction of sp³-hybridized carbons (Fsp3) is 0.333. The number of carbonyl (C=O) groups is 2. The first-order chi connectivity index (χ1) is 12.7. The molecule has 0 N–H and O–H groups in total. The van der Waals surface area contributed by atoms with Gasteiger partial charge in [0.15, 0.2) is 0 Å². The lowest BCUT2D eigenvalue weighted by Crippen LogP contribution is -2.36. The van der Waals surface area contributed by atoms with Crippen LogP contribution in [0.25, 0.3) is 0 Å². The number of methoxy groups -OCH3 is 1. The summed E-state index contributed by atoms with van der Waals surface area (Å²) in [6.45, 7) is 2.93. The van der Waals surface area contributed by atoms with E-state index in [1.807, 2.05) is 12.1 Å². The first-order valence-corrected chi connectivity index (χ1v) is 9.03. The first-order valence-electron chi connectivity index (χ1n) is 9.03. The third-order valence-electron chi connectivity index (χ3n) is 6.12. The lowest BCUT2D eigenvalue weighted by molar-refractivity contribution is -0.123. The number of hydrogen-bond donors (Lipinski definition) is 0. The third-order valence-corrected chi connectivity index (χ3v) is 6.12. The lowest BCUT2D eigenvalue weighted by Gasteiger charge is -2.25. The second kappa shape index (κ2) is 5.42. The Kier molecular flexibility index (Phi) is 3.25. The SMILES string of the molecule is CCN1[C@@H]2c3ccccc3[C@H]1[C@H]1C(=O)N(c3ccc(OC)cc3)C(=O)[C@H]12. The number of fused-ring (bicyclic) bond motifs is 8. The van der Waals surface area contributed by atoms with Gasteiger partial charge in [-0.2, -0.15) is 0 Å². The molecule has 2 amide bonds. The Balaban J connectivity index is 1.58. The van der Waals surface area contributed by atoms with Crippen molar-refractivity contribution in [1.29, 1.82) is 0 Å². The monoisotopic (exact) mass is 348 g/mol. The van der Waals surface area contributed by atoms with Crippen LogP contribution in [0, 0.1) is 11.8 Å². The van der Waals surface area contributed by atoms with Crippen LogP contribution in [0.4, 0.5) is 5.69 Å². The summed E-state index contributed by atoms with van der Waals surface area (Å²) in [4.78, 5) is 30.2. The molecule has 5 rings (SSSR count). The molecule has 2 fully saturated rings. The molecule has 2 aromatic carbocycles. The number of rotatable bonds is 3. The summed E-state index contributed by atoms with van der Waals surface area (Å²) in [5.74, 6) is -0.0252. The van der Waals surface area contributed by atoms with Crippen molar-refractivity contribution in [3.05, 3.63) is 59.7 Å². The normalized spacial score (nSPS) is 29.2. The zero-order valence-electron chi connectivity index (χ0n) is 14.8. The van der Waals surface area contributed by atoms with Crippen LogP contribution in [-0.2, 0) is 9.59 Å². The van der Waals surface area contributed by atoms with Gasteiger partial charge in [0, 0.05) is 12.1 Å². The number of anilines is 1. The predicted molar refractivity (Wildman–Crippen MR) is 96.8 cm³/mol. The molecule has 5 nitrogen and oxygen atoms in total. The fourth-order valence-electron chi connectivity index (χ4n) is 5.14. The van der Waals surface area contributed by atoms with Crippen LogP contribution in [0.3, 0.4) is 0 Å². The molecular formula is C21H20N2O3. The van der Waals surface area contributed by atoms with Gasteiger partial charge in [0.05, 0.1) is 24.6 Å². The number of carbonyl (C=O) groups excluding carboxylic acids is 2. The minimum absolute atomic E-state index is 0.00546. The third kappa shape index (κ3) is 1.78. The maximum Gasteiger partial charge on any atom is 0.239 e. The molecule has 0 spiro atoms. The van der Waals surface area contributed by atoms with Gasteiger partial charge < -0.3 is 4.74 Å². The molecule has 0 saturated carbocycles. The maximum atomic E-state index is 13.3. The second-order valence-electron chi connectivity index (χ2n) is 7.11. The van der Waals surface area contributed by atoms with E-state index in [-0.39, 0.29) is 35.7 Å².